The molecule has 11 rings (SSSR count). The van der Waals surface area contributed by atoms with E-state index in [0.717, 1.165) is 50.1 Å². The number of hydrogen-bond acceptors (Lipinski definition) is 2. The van der Waals surface area contributed by atoms with Crippen LogP contribution in [0.15, 0.2) is 229 Å². The van der Waals surface area contributed by atoms with Crippen LogP contribution in [0.3, 0.4) is 0 Å². The molecule has 1 aromatic heterocycles. The topological polar surface area (TPSA) is 16.4 Å². The minimum Gasteiger partial charge on any atom is -0.455 e. The fourth-order valence-corrected chi connectivity index (χ4v) is 8.59. The monoisotopic (exact) mass is 739 g/mol. The Labute approximate surface area is 337 Å². The molecule has 0 saturated carbocycles. The molecule has 272 valence electrons. The smallest absolute Gasteiger partial charge is 0.145 e. The number of fused-ring (bicyclic) bond motifs is 5. The van der Waals surface area contributed by atoms with E-state index in [-0.39, 0.29) is 0 Å². The van der Waals surface area contributed by atoms with Crippen molar-refractivity contribution in [3.8, 4) is 44.5 Å². The van der Waals surface area contributed by atoms with Crippen LogP contribution in [-0.2, 0) is 0 Å². The van der Waals surface area contributed by atoms with Crippen molar-refractivity contribution in [2.24, 2.45) is 0 Å². The zero-order valence-electron chi connectivity index (χ0n) is 31.7. The third-order valence-electron chi connectivity index (χ3n) is 11.5. The van der Waals surface area contributed by atoms with Gasteiger partial charge in [0, 0.05) is 22.3 Å². The van der Waals surface area contributed by atoms with E-state index in [1.807, 2.05) is 0 Å². The second-order valence-corrected chi connectivity index (χ2v) is 14.9. The summed E-state index contributed by atoms with van der Waals surface area (Å²) in [5.74, 6) is 0. The lowest BCUT2D eigenvalue weighted by atomic mass is 9.96. The van der Waals surface area contributed by atoms with Crippen molar-refractivity contribution < 1.29 is 4.42 Å². The van der Waals surface area contributed by atoms with Gasteiger partial charge in [0.25, 0.3) is 0 Å². The minimum atomic E-state index is 0.867. The molecule has 0 N–H and O–H groups in total. The van der Waals surface area contributed by atoms with E-state index >= 15 is 0 Å². The number of nitrogens with zero attached hydrogens (tertiary/aromatic N) is 1. The lowest BCUT2D eigenvalue weighted by molar-refractivity contribution is 0.670. The molecule has 0 amide bonds. The average molecular weight is 740 g/mol. The summed E-state index contributed by atoms with van der Waals surface area (Å²) in [4.78, 5) is 2.38. The molecule has 1 heterocycles. The van der Waals surface area contributed by atoms with E-state index in [1.165, 1.54) is 54.9 Å². The Kier molecular flexibility index (Phi) is 8.19. The predicted octanol–water partition coefficient (Wildman–Crippen LogP) is 16.0. The SMILES string of the molecule is c1ccc(-c2cccc(-c3ccc(N(c4ccc(-c5cccc6ccccc56)cc4)c4ccc(-c5ccc6ccccc6c5)c5oc6ccccc6c45)cc3)c2)cc1. The van der Waals surface area contributed by atoms with Gasteiger partial charge in [-0.05, 0) is 115 Å². The van der Waals surface area contributed by atoms with E-state index in [0.29, 0.717) is 0 Å². The summed E-state index contributed by atoms with van der Waals surface area (Å²) in [6.07, 6.45) is 0. The third kappa shape index (κ3) is 5.91. The molecule has 11 aromatic rings. The summed E-state index contributed by atoms with van der Waals surface area (Å²) in [6, 6.07) is 80.6. The van der Waals surface area contributed by atoms with Gasteiger partial charge in [0.05, 0.1) is 11.1 Å². The fraction of sp³-hybridized carbons (Fsp3) is 0. The summed E-state index contributed by atoms with van der Waals surface area (Å²) in [5, 5.41) is 7.08. The zero-order chi connectivity index (χ0) is 38.4. The van der Waals surface area contributed by atoms with Gasteiger partial charge in [-0.2, -0.15) is 0 Å². The second kappa shape index (κ2) is 14.1. The Bertz CT molecular complexity index is 3260. The summed E-state index contributed by atoms with van der Waals surface area (Å²) in [5.41, 5.74) is 14.3. The first kappa shape index (κ1) is 33.6. The van der Waals surface area contributed by atoms with E-state index in [1.54, 1.807) is 0 Å². The second-order valence-electron chi connectivity index (χ2n) is 14.9. The van der Waals surface area contributed by atoms with Gasteiger partial charge >= 0.3 is 0 Å². The standard InChI is InChI=1S/C56H37NO/c1-2-12-38(13-3-1)44-18-10-19-45(36-44)40-26-30-47(31-27-40)57(48-32-28-42(29-33-48)50-22-11-17-41-15-6-7-20-49(41)50)53-35-34-51(46-25-24-39-14-4-5-16-43(39)37-46)56-55(53)52-21-8-9-23-54(52)58-56/h1-37H. The summed E-state index contributed by atoms with van der Waals surface area (Å²) < 4.78 is 6.83. The van der Waals surface area contributed by atoms with Crippen LogP contribution in [0.2, 0.25) is 0 Å². The van der Waals surface area contributed by atoms with Gasteiger partial charge in [0.15, 0.2) is 0 Å². The van der Waals surface area contributed by atoms with Crippen molar-refractivity contribution in [2.45, 2.75) is 0 Å². The van der Waals surface area contributed by atoms with E-state index in [4.69, 9.17) is 4.42 Å². The van der Waals surface area contributed by atoms with Crippen LogP contribution in [0.25, 0.3) is 88.0 Å². The third-order valence-corrected chi connectivity index (χ3v) is 11.5. The molecule has 0 aliphatic rings. The number of benzene rings is 10. The highest BCUT2D eigenvalue weighted by atomic mass is 16.3. The van der Waals surface area contributed by atoms with Gasteiger partial charge in [-0.15, -0.1) is 0 Å². The number of para-hydroxylation sites is 1. The Morgan fingerprint density at radius 2 is 0.879 bits per heavy atom. The maximum absolute atomic E-state index is 6.83. The molecule has 0 unspecified atom stereocenters. The summed E-state index contributed by atoms with van der Waals surface area (Å²) in [7, 11) is 0. The highest BCUT2D eigenvalue weighted by Gasteiger charge is 2.22. The van der Waals surface area contributed by atoms with Crippen LogP contribution in [0, 0.1) is 0 Å². The zero-order valence-corrected chi connectivity index (χ0v) is 31.7. The van der Waals surface area contributed by atoms with Crippen LogP contribution < -0.4 is 4.90 Å². The highest BCUT2D eigenvalue weighted by Crippen LogP contribution is 2.47. The van der Waals surface area contributed by atoms with Crippen molar-refractivity contribution in [2.75, 3.05) is 4.90 Å². The molecule has 0 radical (unpaired) electrons. The molecule has 2 heteroatoms. The molecular weight excluding hydrogens is 703 g/mol. The molecule has 0 saturated heterocycles. The average Bonchev–Trinajstić information content (AvgIpc) is 3.70. The fourth-order valence-electron chi connectivity index (χ4n) is 8.59. The lowest BCUT2D eigenvalue weighted by Crippen LogP contribution is -2.10. The van der Waals surface area contributed by atoms with E-state index in [2.05, 4.69) is 229 Å². The first-order valence-electron chi connectivity index (χ1n) is 19.8. The molecule has 58 heavy (non-hydrogen) atoms. The molecule has 2 nitrogen and oxygen atoms in total. The van der Waals surface area contributed by atoms with Gasteiger partial charge in [-0.25, -0.2) is 0 Å². The van der Waals surface area contributed by atoms with Crippen molar-refractivity contribution in [3.05, 3.63) is 224 Å². The van der Waals surface area contributed by atoms with Crippen molar-refractivity contribution in [3.63, 3.8) is 0 Å². The minimum absolute atomic E-state index is 0.867. The first-order valence-corrected chi connectivity index (χ1v) is 19.8. The largest absolute Gasteiger partial charge is 0.455 e. The lowest BCUT2D eigenvalue weighted by Gasteiger charge is -2.27. The normalized spacial score (nSPS) is 11.4. The Balaban J connectivity index is 1.08. The van der Waals surface area contributed by atoms with Crippen molar-refractivity contribution >= 4 is 60.5 Å². The van der Waals surface area contributed by atoms with Crippen molar-refractivity contribution in [1.29, 1.82) is 0 Å². The van der Waals surface area contributed by atoms with E-state index in [9.17, 15) is 0 Å². The van der Waals surface area contributed by atoms with Gasteiger partial charge in [0.1, 0.15) is 11.2 Å². The van der Waals surface area contributed by atoms with E-state index < -0.39 is 0 Å². The molecular formula is C56H37NO. The van der Waals surface area contributed by atoms with Crippen LogP contribution in [0.5, 0.6) is 0 Å². The molecule has 0 bridgehead atoms. The number of furan rings is 1. The first-order chi connectivity index (χ1) is 28.7. The number of anilines is 3. The van der Waals surface area contributed by atoms with Crippen LogP contribution >= 0.6 is 0 Å². The quantitative estimate of drug-likeness (QED) is 0.162. The molecule has 0 spiro atoms. The van der Waals surface area contributed by atoms with Gasteiger partial charge < -0.3 is 9.32 Å². The highest BCUT2D eigenvalue weighted by molar-refractivity contribution is 6.17. The van der Waals surface area contributed by atoms with Gasteiger partial charge in [0.2, 0.25) is 0 Å². The number of hydrogen-bond donors (Lipinski definition) is 0. The predicted molar refractivity (Wildman–Crippen MR) is 245 cm³/mol. The maximum Gasteiger partial charge on any atom is 0.145 e. The van der Waals surface area contributed by atoms with Gasteiger partial charge in [-0.1, -0.05) is 170 Å². The maximum atomic E-state index is 6.83. The number of rotatable bonds is 7. The Morgan fingerprint density at radius 3 is 1.66 bits per heavy atom. The summed E-state index contributed by atoms with van der Waals surface area (Å²) >= 11 is 0. The van der Waals surface area contributed by atoms with Crippen LogP contribution in [0.4, 0.5) is 17.1 Å². The van der Waals surface area contributed by atoms with Crippen LogP contribution in [0.1, 0.15) is 0 Å². The molecule has 10 aromatic carbocycles. The Morgan fingerprint density at radius 1 is 0.310 bits per heavy atom. The molecule has 0 aliphatic carbocycles. The summed E-state index contributed by atoms with van der Waals surface area (Å²) in [6.45, 7) is 0. The van der Waals surface area contributed by atoms with Crippen molar-refractivity contribution in [1.82, 2.24) is 0 Å². The molecule has 0 aliphatic heterocycles. The molecule has 0 fully saturated rings. The Hall–Kier alpha value is -7.68. The van der Waals surface area contributed by atoms with Crippen LogP contribution in [-0.4, -0.2) is 0 Å². The molecule has 0 atom stereocenters. The van der Waals surface area contributed by atoms with Gasteiger partial charge in [-0.3, -0.25) is 0 Å².